The van der Waals surface area contributed by atoms with Crippen LogP contribution in [0.1, 0.15) is 26.7 Å². The van der Waals surface area contributed by atoms with Gasteiger partial charge in [-0.15, -0.1) is 0 Å². The van der Waals surface area contributed by atoms with E-state index >= 15 is 0 Å². The first-order valence-electron chi connectivity index (χ1n) is 6.95. The van der Waals surface area contributed by atoms with Crippen molar-refractivity contribution in [2.45, 2.75) is 26.7 Å². The van der Waals surface area contributed by atoms with E-state index in [9.17, 15) is 9.59 Å². The molecule has 1 fully saturated rings. The van der Waals surface area contributed by atoms with Gasteiger partial charge in [-0.2, -0.15) is 0 Å². The van der Waals surface area contributed by atoms with Crippen LogP contribution in [0.3, 0.4) is 0 Å². The largest absolute Gasteiger partial charge is 0.445 e. The number of nitrogens with zero attached hydrogens (tertiary/aromatic N) is 2. The molecule has 2 amide bonds. The predicted molar refractivity (Wildman–Crippen MR) is 73.8 cm³/mol. The molecule has 0 aliphatic carbocycles. The van der Waals surface area contributed by atoms with Crippen LogP contribution in [-0.2, 0) is 9.53 Å². The molecule has 0 saturated carbocycles. The van der Waals surface area contributed by atoms with Crippen molar-refractivity contribution in [2.24, 2.45) is 5.92 Å². The molecule has 0 atom stereocenters. The van der Waals surface area contributed by atoms with Crippen LogP contribution in [-0.4, -0.2) is 54.6 Å². The van der Waals surface area contributed by atoms with E-state index in [0.717, 1.165) is 12.8 Å². The van der Waals surface area contributed by atoms with Crippen LogP contribution in [0.25, 0.3) is 0 Å². The van der Waals surface area contributed by atoms with Crippen molar-refractivity contribution in [3.8, 4) is 0 Å². The molecule has 0 aromatic heterocycles. The lowest BCUT2D eigenvalue weighted by atomic mass is 10.0. The Hall–Kier alpha value is -1.52. The maximum Gasteiger partial charge on any atom is 0.410 e. The molecule has 1 saturated heterocycles. The molecule has 0 radical (unpaired) electrons. The number of ether oxygens (including phenoxy) is 1. The van der Waals surface area contributed by atoms with E-state index < -0.39 is 0 Å². The van der Waals surface area contributed by atoms with E-state index in [1.807, 2.05) is 18.7 Å². The monoisotopic (exact) mass is 268 g/mol. The van der Waals surface area contributed by atoms with Gasteiger partial charge in [-0.1, -0.05) is 26.5 Å². The number of amides is 2. The summed E-state index contributed by atoms with van der Waals surface area (Å²) in [7, 11) is 0. The highest BCUT2D eigenvalue weighted by Gasteiger charge is 2.27. The van der Waals surface area contributed by atoms with Crippen molar-refractivity contribution >= 4 is 12.0 Å². The molecule has 0 spiro atoms. The van der Waals surface area contributed by atoms with Crippen LogP contribution in [0.5, 0.6) is 0 Å². The molecule has 0 bridgehead atoms. The van der Waals surface area contributed by atoms with Crippen LogP contribution >= 0.6 is 0 Å². The van der Waals surface area contributed by atoms with Gasteiger partial charge in [0.25, 0.3) is 0 Å². The fraction of sp³-hybridized carbons (Fsp3) is 0.714. The molecule has 19 heavy (non-hydrogen) atoms. The quantitative estimate of drug-likeness (QED) is 0.715. The molecule has 0 aromatic carbocycles. The number of hydrogen-bond acceptors (Lipinski definition) is 3. The number of rotatable bonds is 5. The van der Waals surface area contributed by atoms with Crippen molar-refractivity contribution in [3.63, 3.8) is 0 Å². The minimum absolute atomic E-state index is 0.110. The van der Waals surface area contributed by atoms with E-state index in [4.69, 9.17) is 4.74 Å². The highest BCUT2D eigenvalue weighted by atomic mass is 16.6. The molecule has 108 valence electrons. The second kappa shape index (κ2) is 7.81. The lowest BCUT2D eigenvalue weighted by Gasteiger charge is -2.35. The topological polar surface area (TPSA) is 49.9 Å². The smallest absolute Gasteiger partial charge is 0.410 e. The number of carbonyl (C=O) groups excluding carboxylic acids is 2. The third-order valence-corrected chi connectivity index (χ3v) is 3.51. The molecule has 0 aromatic rings. The van der Waals surface area contributed by atoms with E-state index in [2.05, 4.69) is 6.58 Å². The molecule has 1 aliphatic rings. The Morgan fingerprint density at radius 1 is 1.16 bits per heavy atom. The summed E-state index contributed by atoms with van der Waals surface area (Å²) in [6.45, 7) is 10.1. The SMILES string of the molecule is C=CCOC(=O)N1CCN(C(=O)C(CC)CC)CC1. The van der Waals surface area contributed by atoms with Crippen LogP contribution in [0.2, 0.25) is 0 Å². The summed E-state index contributed by atoms with van der Waals surface area (Å²) in [6.07, 6.45) is 2.97. The van der Waals surface area contributed by atoms with Crippen molar-refractivity contribution in [1.82, 2.24) is 9.80 Å². The van der Waals surface area contributed by atoms with Crippen molar-refractivity contribution in [2.75, 3.05) is 32.8 Å². The van der Waals surface area contributed by atoms with Gasteiger partial charge in [0.2, 0.25) is 5.91 Å². The molecule has 1 rings (SSSR count). The predicted octanol–water partition coefficient (Wildman–Crippen LogP) is 1.89. The Kier molecular flexibility index (Phi) is 6.39. The second-order valence-electron chi connectivity index (χ2n) is 4.69. The first-order valence-corrected chi connectivity index (χ1v) is 6.95. The second-order valence-corrected chi connectivity index (χ2v) is 4.69. The average Bonchev–Trinajstić information content (AvgIpc) is 2.46. The van der Waals surface area contributed by atoms with Gasteiger partial charge in [0.05, 0.1) is 0 Å². The molecule has 0 N–H and O–H groups in total. The van der Waals surface area contributed by atoms with Gasteiger partial charge in [-0.3, -0.25) is 4.79 Å². The van der Waals surface area contributed by atoms with Gasteiger partial charge in [-0.25, -0.2) is 4.79 Å². The third kappa shape index (κ3) is 4.26. The molecule has 0 unspecified atom stereocenters. The van der Waals surface area contributed by atoms with E-state index in [1.165, 1.54) is 0 Å². The molecule has 5 heteroatoms. The Bertz CT molecular complexity index is 319. The summed E-state index contributed by atoms with van der Waals surface area (Å²) < 4.78 is 4.98. The standard InChI is InChI=1S/C14H24N2O3/c1-4-11-19-14(18)16-9-7-15(8-10-16)13(17)12(5-2)6-3/h4,12H,1,5-11H2,2-3H3. The number of hydrogen-bond donors (Lipinski definition) is 0. The summed E-state index contributed by atoms with van der Waals surface area (Å²) in [4.78, 5) is 27.3. The van der Waals surface area contributed by atoms with Gasteiger partial charge in [0.1, 0.15) is 6.61 Å². The summed E-state index contributed by atoms with van der Waals surface area (Å²) in [6, 6.07) is 0. The van der Waals surface area contributed by atoms with Gasteiger partial charge < -0.3 is 14.5 Å². The average molecular weight is 268 g/mol. The van der Waals surface area contributed by atoms with E-state index in [1.54, 1.807) is 11.0 Å². The van der Waals surface area contributed by atoms with Crippen molar-refractivity contribution in [3.05, 3.63) is 12.7 Å². The van der Waals surface area contributed by atoms with Crippen LogP contribution in [0.4, 0.5) is 4.79 Å². The van der Waals surface area contributed by atoms with Crippen molar-refractivity contribution in [1.29, 1.82) is 0 Å². The molecular weight excluding hydrogens is 244 g/mol. The minimum atomic E-state index is -0.325. The fourth-order valence-electron chi connectivity index (χ4n) is 2.23. The maximum atomic E-state index is 12.2. The Balaban J connectivity index is 2.42. The lowest BCUT2D eigenvalue weighted by Crippen LogP contribution is -2.52. The Morgan fingerprint density at radius 3 is 2.16 bits per heavy atom. The molecular formula is C14H24N2O3. The zero-order valence-electron chi connectivity index (χ0n) is 11.9. The maximum absolute atomic E-state index is 12.2. The highest BCUT2D eigenvalue weighted by Crippen LogP contribution is 2.14. The van der Waals surface area contributed by atoms with Gasteiger partial charge in [0, 0.05) is 32.1 Å². The third-order valence-electron chi connectivity index (χ3n) is 3.51. The number of piperazine rings is 1. The summed E-state index contributed by atoms with van der Waals surface area (Å²) in [5, 5.41) is 0. The minimum Gasteiger partial charge on any atom is -0.445 e. The summed E-state index contributed by atoms with van der Waals surface area (Å²) in [5.74, 6) is 0.323. The first kappa shape index (κ1) is 15.5. The van der Waals surface area contributed by atoms with Crippen LogP contribution in [0.15, 0.2) is 12.7 Å². The van der Waals surface area contributed by atoms with E-state index in [0.29, 0.717) is 26.2 Å². The molecule has 5 nitrogen and oxygen atoms in total. The normalized spacial score (nSPS) is 15.5. The van der Waals surface area contributed by atoms with Gasteiger partial charge in [-0.05, 0) is 12.8 Å². The molecule has 1 aliphatic heterocycles. The molecule has 1 heterocycles. The Morgan fingerprint density at radius 2 is 1.68 bits per heavy atom. The summed E-state index contributed by atoms with van der Waals surface area (Å²) in [5.41, 5.74) is 0. The number of carbonyl (C=O) groups is 2. The zero-order valence-corrected chi connectivity index (χ0v) is 11.9. The highest BCUT2D eigenvalue weighted by molar-refractivity contribution is 5.79. The van der Waals surface area contributed by atoms with Crippen LogP contribution in [0, 0.1) is 5.92 Å². The Labute approximate surface area is 115 Å². The fourth-order valence-corrected chi connectivity index (χ4v) is 2.23. The van der Waals surface area contributed by atoms with E-state index in [-0.39, 0.29) is 24.5 Å². The van der Waals surface area contributed by atoms with Gasteiger partial charge in [0.15, 0.2) is 0 Å². The zero-order chi connectivity index (χ0) is 14.3. The first-order chi connectivity index (χ1) is 9.13. The van der Waals surface area contributed by atoms with Gasteiger partial charge >= 0.3 is 6.09 Å². The lowest BCUT2D eigenvalue weighted by molar-refractivity contribution is -0.137. The summed E-state index contributed by atoms with van der Waals surface area (Å²) >= 11 is 0. The van der Waals surface area contributed by atoms with Crippen molar-refractivity contribution < 1.29 is 14.3 Å². The van der Waals surface area contributed by atoms with Crippen LogP contribution < -0.4 is 0 Å².